The molecular formula is C14H23N3O3. The molecule has 1 amide bonds. The van der Waals surface area contributed by atoms with Gasteiger partial charge in [0.15, 0.2) is 0 Å². The normalized spacial score (nSPS) is 13.8. The number of aliphatic carboxylic acids is 1. The number of carboxylic acid groups (broad SMARTS) is 1. The first-order valence-corrected chi connectivity index (χ1v) is 6.84. The van der Waals surface area contributed by atoms with Crippen LogP contribution in [0.25, 0.3) is 0 Å². The molecule has 2 atom stereocenters. The number of hydrogen-bond acceptors (Lipinski definition) is 3. The first kappa shape index (κ1) is 16.2. The van der Waals surface area contributed by atoms with Gasteiger partial charge in [-0.15, -0.1) is 0 Å². The molecule has 0 saturated carbocycles. The van der Waals surface area contributed by atoms with E-state index < -0.39 is 17.8 Å². The minimum Gasteiger partial charge on any atom is -0.481 e. The van der Waals surface area contributed by atoms with Crippen molar-refractivity contribution in [3.8, 4) is 0 Å². The zero-order valence-corrected chi connectivity index (χ0v) is 12.5. The SMILES string of the molecule is Cc1cc(C)n(CCCNC(=O)C(C)C(C)C(=O)O)n1. The second-order valence-corrected chi connectivity index (χ2v) is 5.21. The molecule has 0 bridgehead atoms. The summed E-state index contributed by atoms with van der Waals surface area (Å²) in [5.41, 5.74) is 2.08. The van der Waals surface area contributed by atoms with Gasteiger partial charge in [0.05, 0.1) is 11.6 Å². The maximum atomic E-state index is 11.8. The first-order valence-electron chi connectivity index (χ1n) is 6.84. The van der Waals surface area contributed by atoms with Crippen LogP contribution in [-0.2, 0) is 16.1 Å². The Bertz CT molecular complexity index is 482. The quantitative estimate of drug-likeness (QED) is 0.739. The number of aryl methyl sites for hydroxylation is 3. The van der Waals surface area contributed by atoms with Gasteiger partial charge in [-0.3, -0.25) is 14.3 Å². The Morgan fingerprint density at radius 2 is 2.00 bits per heavy atom. The molecule has 0 spiro atoms. The molecule has 0 aliphatic rings. The van der Waals surface area contributed by atoms with Crippen molar-refractivity contribution < 1.29 is 14.7 Å². The van der Waals surface area contributed by atoms with E-state index in [-0.39, 0.29) is 5.91 Å². The molecule has 0 aliphatic carbocycles. The molecular weight excluding hydrogens is 258 g/mol. The van der Waals surface area contributed by atoms with E-state index in [9.17, 15) is 9.59 Å². The molecule has 2 N–H and O–H groups in total. The van der Waals surface area contributed by atoms with E-state index in [1.807, 2.05) is 24.6 Å². The fourth-order valence-corrected chi connectivity index (χ4v) is 1.94. The van der Waals surface area contributed by atoms with Crippen LogP contribution in [0.3, 0.4) is 0 Å². The lowest BCUT2D eigenvalue weighted by Gasteiger charge is -2.15. The lowest BCUT2D eigenvalue weighted by atomic mass is 9.95. The van der Waals surface area contributed by atoms with Crippen molar-refractivity contribution in [3.05, 3.63) is 17.5 Å². The zero-order valence-electron chi connectivity index (χ0n) is 12.5. The van der Waals surface area contributed by atoms with Crippen LogP contribution < -0.4 is 5.32 Å². The first-order chi connectivity index (χ1) is 9.32. The number of amides is 1. The van der Waals surface area contributed by atoms with Gasteiger partial charge in [0.2, 0.25) is 5.91 Å². The highest BCUT2D eigenvalue weighted by Crippen LogP contribution is 2.11. The Hall–Kier alpha value is -1.85. The largest absolute Gasteiger partial charge is 0.481 e. The van der Waals surface area contributed by atoms with Crippen LogP contribution in [0.1, 0.15) is 31.7 Å². The average molecular weight is 281 g/mol. The standard InChI is InChI=1S/C14H23N3O3/c1-9-8-10(2)17(16-9)7-5-6-15-13(18)11(3)12(4)14(19)20/h8,11-12H,5-7H2,1-4H3,(H,15,18)(H,19,20). The van der Waals surface area contributed by atoms with E-state index in [1.54, 1.807) is 13.8 Å². The lowest BCUT2D eigenvalue weighted by molar-refractivity contribution is -0.146. The topological polar surface area (TPSA) is 84.2 Å². The van der Waals surface area contributed by atoms with Gasteiger partial charge in [0.1, 0.15) is 0 Å². The summed E-state index contributed by atoms with van der Waals surface area (Å²) in [5, 5.41) is 16.0. The summed E-state index contributed by atoms with van der Waals surface area (Å²) < 4.78 is 1.91. The Balaban J connectivity index is 2.32. The van der Waals surface area contributed by atoms with E-state index in [2.05, 4.69) is 10.4 Å². The number of nitrogens with zero attached hydrogens (tertiary/aromatic N) is 2. The van der Waals surface area contributed by atoms with Gasteiger partial charge in [-0.05, 0) is 26.3 Å². The molecule has 0 saturated heterocycles. The molecule has 0 radical (unpaired) electrons. The van der Waals surface area contributed by atoms with Crippen LogP contribution in [0.5, 0.6) is 0 Å². The van der Waals surface area contributed by atoms with Crippen molar-refractivity contribution in [1.29, 1.82) is 0 Å². The molecule has 1 aromatic heterocycles. The molecule has 6 heteroatoms. The average Bonchev–Trinajstić information content (AvgIpc) is 2.70. The van der Waals surface area contributed by atoms with Crippen molar-refractivity contribution in [2.45, 2.75) is 40.7 Å². The summed E-state index contributed by atoms with van der Waals surface area (Å²) in [6.45, 7) is 8.38. The summed E-state index contributed by atoms with van der Waals surface area (Å²) in [5.74, 6) is -2.37. The van der Waals surface area contributed by atoms with Crippen LogP contribution in [0.4, 0.5) is 0 Å². The summed E-state index contributed by atoms with van der Waals surface area (Å²) in [6.07, 6.45) is 0.766. The predicted molar refractivity (Wildman–Crippen MR) is 75.3 cm³/mol. The van der Waals surface area contributed by atoms with Crippen molar-refractivity contribution in [2.24, 2.45) is 11.8 Å². The number of carbonyl (C=O) groups excluding carboxylic acids is 1. The van der Waals surface area contributed by atoms with Crippen molar-refractivity contribution in [1.82, 2.24) is 15.1 Å². The third-order valence-electron chi connectivity index (χ3n) is 3.50. The molecule has 20 heavy (non-hydrogen) atoms. The van der Waals surface area contributed by atoms with Gasteiger partial charge in [0.25, 0.3) is 0 Å². The number of nitrogens with one attached hydrogen (secondary N) is 1. The predicted octanol–water partition coefficient (Wildman–Crippen LogP) is 1.36. The third-order valence-corrected chi connectivity index (χ3v) is 3.50. The second-order valence-electron chi connectivity index (χ2n) is 5.21. The molecule has 0 fully saturated rings. The van der Waals surface area contributed by atoms with E-state index >= 15 is 0 Å². The molecule has 6 nitrogen and oxygen atoms in total. The fourth-order valence-electron chi connectivity index (χ4n) is 1.94. The number of carbonyl (C=O) groups is 2. The van der Waals surface area contributed by atoms with Gasteiger partial charge in [0, 0.05) is 24.7 Å². The molecule has 0 aliphatic heterocycles. The van der Waals surface area contributed by atoms with Crippen LogP contribution in [0.15, 0.2) is 6.07 Å². The molecule has 0 aromatic carbocycles. The van der Waals surface area contributed by atoms with Gasteiger partial charge >= 0.3 is 5.97 Å². The monoisotopic (exact) mass is 281 g/mol. The van der Waals surface area contributed by atoms with E-state index in [4.69, 9.17) is 5.11 Å². The van der Waals surface area contributed by atoms with Gasteiger partial charge in [-0.25, -0.2) is 0 Å². The lowest BCUT2D eigenvalue weighted by Crippen LogP contribution is -2.36. The highest BCUT2D eigenvalue weighted by atomic mass is 16.4. The number of hydrogen-bond donors (Lipinski definition) is 2. The molecule has 2 unspecified atom stereocenters. The van der Waals surface area contributed by atoms with Crippen LogP contribution in [0, 0.1) is 25.7 Å². The number of rotatable bonds is 7. The Kier molecular flexibility index (Phi) is 5.73. The van der Waals surface area contributed by atoms with Gasteiger partial charge in [-0.2, -0.15) is 5.10 Å². The highest BCUT2D eigenvalue weighted by Gasteiger charge is 2.25. The summed E-state index contributed by atoms with van der Waals surface area (Å²) in [4.78, 5) is 22.6. The van der Waals surface area contributed by atoms with Crippen LogP contribution in [0.2, 0.25) is 0 Å². The van der Waals surface area contributed by atoms with Crippen LogP contribution >= 0.6 is 0 Å². The molecule has 1 aromatic rings. The Labute approximate surface area is 119 Å². The minimum atomic E-state index is -0.949. The fraction of sp³-hybridized carbons (Fsp3) is 0.643. The summed E-state index contributed by atoms with van der Waals surface area (Å²) in [6, 6.07) is 2.01. The van der Waals surface area contributed by atoms with Gasteiger partial charge in [-0.1, -0.05) is 13.8 Å². The van der Waals surface area contributed by atoms with Crippen molar-refractivity contribution in [3.63, 3.8) is 0 Å². The van der Waals surface area contributed by atoms with Crippen molar-refractivity contribution in [2.75, 3.05) is 6.54 Å². The molecule has 112 valence electrons. The minimum absolute atomic E-state index is 0.215. The van der Waals surface area contributed by atoms with E-state index in [1.165, 1.54) is 0 Å². The maximum Gasteiger partial charge on any atom is 0.307 e. The number of aromatic nitrogens is 2. The molecule has 1 heterocycles. The number of carboxylic acids is 1. The highest BCUT2D eigenvalue weighted by molar-refractivity contribution is 5.84. The molecule has 1 rings (SSSR count). The second kappa shape index (κ2) is 7.07. The van der Waals surface area contributed by atoms with Crippen molar-refractivity contribution >= 4 is 11.9 Å². The zero-order chi connectivity index (χ0) is 15.3. The Morgan fingerprint density at radius 3 is 2.50 bits per heavy atom. The van der Waals surface area contributed by atoms with Crippen LogP contribution in [-0.4, -0.2) is 33.3 Å². The summed E-state index contributed by atoms with van der Waals surface area (Å²) in [7, 11) is 0. The van der Waals surface area contributed by atoms with Gasteiger partial charge < -0.3 is 10.4 Å². The third kappa shape index (κ3) is 4.36. The Morgan fingerprint density at radius 1 is 1.35 bits per heavy atom. The smallest absolute Gasteiger partial charge is 0.307 e. The van der Waals surface area contributed by atoms with E-state index in [0.29, 0.717) is 6.54 Å². The maximum absolute atomic E-state index is 11.8. The summed E-state index contributed by atoms with van der Waals surface area (Å²) >= 11 is 0. The van der Waals surface area contributed by atoms with E-state index in [0.717, 1.165) is 24.4 Å².